The average Bonchev–Trinajstić information content (AvgIpc) is 2.90. The van der Waals surface area contributed by atoms with Gasteiger partial charge in [0.05, 0.1) is 0 Å². The first kappa shape index (κ1) is 15.6. The second-order valence-corrected chi connectivity index (χ2v) is 9.39. The number of rotatable bonds is 2. The molecule has 0 aliphatic heterocycles. The summed E-state index contributed by atoms with van der Waals surface area (Å²) >= 11 is 4.91. The predicted octanol–water partition coefficient (Wildman–Crippen LogP) is 6.28. The Hall–Kier alpha value is 0.0900. The van der Waals surface area contributed by atoms with Crippen LogP contribution < -0.4 is 0 Å². The van der Waals surface area contributed by atoms with Gasteiger partial charge in [-0.2, -0.15) is 12.6 Å². The van der Waals surface area contributed by atoms with Crippen molar-refractivity contribution in [3.63, 3.8) is 0 Å². The Morgan fingerprint density at radius 2 is 2.00 bits per heavy atom. The van der Waals surface area contributed by atoms with Gasteiger partial charge in [0.15, 0.2) is 0 Å². The summed E-state index contributed by atoms with van der Waals surface area (Å²) < 4.78 is 0. The highest BCUT2D eigenvalue weighted by molar-refractivity contribution is 7.80. The van der Waals surface area contributed by atoms with Gasteiger partial charge in [0, 0.05) is 5.41 Å². The number of thiol groups is 1. The van der Waals surface area contributed by atoms with Gasteiger partial charge in [0.1, 0.15) is 0 Å². The Bertz CT molecular complexity index is 467. The van der Waals surface area contributed by atoms with Crippen LogP contribution in [0.4, 0.5) is 0 Å². The molecule has 0 amide bonds. The summed E-state index contributed by atoms with van der Waals surface area (Å²) in [6.45, 7) is 5.09. The van der Waals surface area contributed by atoms with Crippen LogP contribution in [0, 0.1) is 34.5 Å². The molecule has 0 aromatic carbocycles. The van der Waals surface area contributed by atoms with E-state index in [0.29, 0.717) is 10.8 Å². The van der Waals surface area contributed by atoms with E-state index in [4.69, 9.17) is 12.6 Å². The third-order valence-electron chi connectivity index (χ3n) is 8.72. The molecule has 4 aliphatic rings. The zero-order chi connectivity index (χ0) is 15.4. The van der Waals surface area contributed by atoms with E-state index in [1.807, 2.05) is 5.57 Å². The maximum Gasteiger partial charge on any atom is 0.00310 e. The molecule has 4 rings (SSSR count). The molecule has 3 fully saturated rings. The standard InChI is InChI=1S/C21H34S/c1-3-15-8-10-18-17-9-7-16-6-4-5-12-21(16,14-22)19(17)11-13-20(15,18)2/h6,15,17-19,22H,3-5,7-14H2,1-2H3/t15-,17-,18-,19-,20+,21+/m0/s1. The Kier molecular flexibility index (Phi) is 3.95. The molecule has 0 saturated heterocycles. The first-order chi connectivity index (χ1) is 10.7. The molecule has 0 unspecified atom stereocenters. The van der Waals surface area contributed by atoms with Crippen molar-refractivity contribution in [2.24, 2.45) is 34.5 Å². The monoisotopic (exact) mass is 318 g/mol. The Labute approximate surface area is 142 Å². The minimum atomic E-state index is 0.496. The predicted molar refractivity (Wildman–Crippen MR) is 98.3 cm³/mol. The highest BCUT2D eigenvalue weighted by Crippen LogP contribution is 2.67. The van der Waals surface area contributed by atoms with Gasteiger partial charge in [-0.3, -0.25) is 0 Å². The molecule has 3 saturated carbocycles. The Balaban J connectivity index is 1.68. The lowest BCUT2D eigenvalue weighted by molar-refractivity contribution is -0.0497. The summed E-state index contributed by atoms with van der Waals surface area (Å²) in [4.78, 5) is 0. The Morgan fingerprint density at radius 3 is 2.77 bits per heavy atom. The second kappa shape index (κ2) is 5.57. The molecule has 0 bridgehead atoms. The summed E-state index contributed by atoms with van der Waals surface area (Å²) in [5, 5.41) is 0. The first-order valence-corrected chi connectivity index (χ1v) is 10.6. The summed E-state index contributed by atoms with van der Waals surface area (Å²) in [7, 11) is 0. The third-order valence-corrected chi connectivity index (χ3v) is 9.29. The van der Waals surface area contributed by atoms with Crippen LogP contribution in [-0.2, 0) is 0 Å². The van der Waals surface area contributed by atoms with E-state index >= 15 is 0 Å². The molecule has 0 radical (unpaired) electrons. The van der Waals surface area contributed by atoms with Crippen molar-refractivity contribution in [2.75, 3.05) is 5.75 Å². The minimum absolute atomic E-state index is 0.496. The average molecular weight is 319 g/mol. The molecule has 0 heterocycles. The van der Waals surface area contributed by atoms with Gasteiger partial charge in [-0.15, -0.1) is 0 Å². The SMILES string of the molecule is CC[C@H]1CC[C@H]2[C@@H]3CCC4=CCCC[C@]4(CS)[C@H]3CC[C@]12C. The van der Waals surface area contributed by atoms with Crippen molar-refractivity contribution in [2.45, 2.75) is 78.1 Å². The highest BCUT2D eigenvalue weighted by atomic mass is 32.1. The van der Waals surface area contributed by atoms with Crippen molar-refractivity contribution in [1.82, 2.24) is 0 Å². The number of hydrogen-bond donors (Lipinski definition) is 1. The molecule has 1 heteroatoms. The second-order valence-electron chi connectivity index (χ2n) is 9.08. The Morgan fingerprint density at radius 1 is 1.14 bits per heavy atom. The summed E-state index contributed by atoms with van der Waals surface area (Å²) in [5.74, 6) is 5.11. The molecular weight excluding hydrogens is 284 g/mol. The van der Waals surface area contributed by atoms with Gasteiger partial charge in [0.25, 0.3) is 0 Å². The van der Waals surface area contributed by atoms with Crippen molar-refractivity contribution >= 4 is 12.6 Å². The quantitative estimate of drug-likeness (QED) is 0.450. The fraction of sp³-hybridized carbons (Fsp3) is 0.905. The van der Waals surface area contributed by atoms with E-state index in [9.17, 15) is 0 Å². The summed E-state index contributed by atoms with van der Waals surface area (Å²) in [6, 6.07) is 0. The van der Waals surface area contributed by atoms with Gasteiger partial charge in [-0.05, 0) is 92.6 Å². The lowest BCUT2D eigenvalue weighted by Crippen LogP contribution is -2.51. The minimum Gasteiger partial charge on any atom is -0.178 e. The van der Waals surface area contributed by atoms with Crippen LogP contribution in [-0.4, -0.2) is 5.75 Å². The van der Waals surface area contributed by atoms with Gasteiger partial charge in [-0.1, -0.05) is 31.9 Å². The fourth-order valence-corrected chi connectivity index (χ4v) is 8.20. The van der Waals surface area contributed by atoms with E-state index in [-0.39, 0.29) is 0 Å². The van der Waals surface area contributed by atoms with Gasteiger partial charge < -0.3 is 0 Å². The molecule has 0 aromatic heterocycles. The van der Waals surface area contributed by atoms with Crippen molar-refractivity contribution in [3.8, 4) is 0 Å². The lowest BCUT2D eigenvalue weighted by Gasteiger charge is -2.59. The topological polar surface area (TPSA) is 0 Å². The van der Waals surface area contributed by atoms with Gasteiger partial charge >= 0.3 is 0 Å². The van der Waals surface area contributed by atoms with Crippen LogP contribution in [0.2, 0.25) is 0 Å². The van der Waals surface area contributed by atoms with Crippen LogP contribution in [0.5, 0.6) is 0 Å². The molecule has 0 aromatic rings. The van der Waals surface area contributed by atoms with Crippen LogP contribution >= 0.6 is 12.6 Å². The first-order valence-electron chi connectivity index (χ1n) is 9.96. The normalized spacial score (nSPS) is 50.8. The van der Waals surface area contributed by atoms with Crippen LogP contribution in [0.3, 0.4) is 0 Å². The lowest BCUT2D eigenvalue weighted by atomic mass is 9.47. The third kappa shape index (κ3) is 1.96. The maximum absolute atomic E-state index is 4.91. The fourth-order valence-electron chi connectivity index (χ4n) is 7.61. The largest absolute Gasteiger partial charge is 0.178 e. The molecule has 0 spiro atoms. The van der Waals surface area contributed by atoms with E-state index in [1.54, 1.807) is 0 Å². The maximum atomic E-state index is 4.91. The van der Waals surface area contributed by atoms with E-state index in [2.05, 4.69) is 19.9 Å². The molecule has 124 valence electrons. The molecule has 0 nitrogen and oxygen atoms in total. The summed E-state index contributed by atoms with van der Waals surface area (Å²) in [6.07, 6.45) is 17.1. The van der Waals surface area contributed by atoms with Gasteiger partial charge in [0.2, 0.25) is 0 Å². The van der Waals surface area contributed by atoms with Crippen LogP contribution in [0.15, 0.2) is 11.6 Å². The van der Waals surface area contributed by atoms with Crippen LogP contribution in [0.25, 0.3) is 0 Å². The number of allylic oxidation sites excluding steroid dienone is 2. The van der Waals surface area contributed by atoms with E-state index in [1.165, 1.54) is 64.2 Å². The smallest absolute Gasteiger partial charge is 0.00310 e. The number of fused-ring (bicyclic) bond motifs is 5. The van der Waals surface area contributed by atoms with Crippen molar-refractivity contribution < 1.29 is 0 Å². The van der Waals surface area contributed by atoms with E-state index in [0.717, 1.165) is 29.4 Å². The molecular formula is C21H34S. The van der Waals surface area contributed by atoms with Crippen molar-refractivity contribution in [1.29, 1.82) is 0 Å². The van der Waals surface area contributed by atoms with Gasteiger partial charge in [-0.25, -0.2) is 0 Å². The highest BCUT2D eigenvalue weighted by Gasteiger charge is 2.58. The molecule has 4 aliphatic carbocycles. The van der Waals surface area contributed by atoms with Crippen molar-refractivity contribution in [3.05, 3.63) is 11.6 Å². The van der Waals surface area contributed by atoms with Crippen LogP contribution in [0.1, 0.15) is 78.1 Å². The molecule has 0 N–H and O–H groups in total. The zero-order valence-electron chi connectivity index (χ0n) is 14.6. The summed E-state index contributed by atoms with van der Waals surface area (Å²) in [5.41, 5.74) is 2.99. The zero-order valence-corrected chi connectivity index (χ0v) is 15.5. The molecule has 22 heavy (non-hydrogen) atoms. The van der Waals surface area contributed by atoms with E-state index < -0.39 is 0 Å². The number of hydrogen-bond acceptors (Lipinski definition) is 1. The molecule has 6 atom stereocenters.